The van der Waals surface area contributed by atoms with Crippen LogP contribution in [-0.4, -0.2) is 75.5 Å². The summed E-state index contributed by atoms with van der Waals surface area (Å²) in [5.74, 6) is 0.890. The highest BCUT2D eigenvalue weighted by Crippen LogP contribution is 2.20. The number of morpholine rings is 1. The number of nitrogens with zero attached hydrogens (tertiary/aromatic N) is 2. The summed E-state index contributed by atoms with van der Waals surface area (Å²) >= 11 is 0. The zero-order valence-corrected chi connectivity index (χ0v) is 20.6. The molecule has 2 N–H and O–H groups in total. The summed E-state index contributed by atoms with van der Waals surface area (Å²) in [6.07, 6.45) is 10.7. The first kappa shape index (κ1) is 25.9. The molecule has 2 aliphatic rings. The van der Waals surface area contributed by atoms with E-state index < -0.39 is 0 Å². The number of nitrogens with one attached hydrogen (secondary N) is 2. The van der Waals surface area contributed by atoms with Crippen molar-refractivity contribution in [1.29, 1.82) is 0 Å². The fourth-order valence-electron chi connectivity index (χ4n) is 3.89. The molecule has 1 saturated heterocycles. The third-order valence-corrected chi connectivity index (χ3v) is 5.80. The maximum Gasteiger partial charge on any atom is 0.191 e. The largest absolute Gasteiger partial charge is 0.379 e. The number of hydrogen-bond donors (Lipinski definition) is 2. The minimum Gasteiger partial charge on any atom is -0.379 e. The Bertz CT molecular complexity index is 421. The molecule has 0 aromatic heterocycles. The van der Waals surface area contributed by atoms with E-state index in [1.165, 1.54) is 38.5 Å². The van der Waals surface area contributed by atoms with Crippen molar-refractivity contribution in [3.8, 4) is 0 Å². The van der Waals surface area contributed by atoms with Crippen molar-refractivity contribution in [2.45, 2.75) is 76.9 Å². The first-order valence-corrected chi connectivity index (χ1v) is 11.0. The van der Waals surface area contributed by atoms with E-state index >= 15 is 0 Å². The van der Waals surface area contributed by atoms with Crippen LogP contribution in [0.3, 0.4) is 0 Å². The molecule has 7 heteroatoms. The second-order valence-electron chi connectivity index (χ2n) is 8.46. The zero-order chi connectivity index (χ0) is 19.4. The lowest BCUT2D eigenvalue weighted by Crippen LogP contribution is -2.56. The van der Waals surface area contributed by atoms with Crippen molar-refractivity contribution in [1.82, 2.24) is 15.5 Å². The third kappa shape index (κ3) is 10.1. The number of aliphatic imine (C=N–C) groups is 1. The number of rotatable bonds is 9. The Morgan fingerprint density at radius 1 is 1.07 bits per heavy atom. The van der Waals surface area contributed by atoms with E-state index in [-0.39, 0.29) is 29.5 Å². The molecule has 1 saturated carbocycles. The molecule has 0 aromatic rings. The van der Waals surface area contributed by atoms with Crippen molar-refractivity contribution in [2.75, 3.05) is 53.0 Å². The lowest BCUT2D eigenvalue weighted by atomic mass is 10.0. The summed E-state index contributed by atoms with van der Waals surface area (Å²) in [7, 11) is 1.84. The van der Waals surface area contributed by atoms with E-state index in [0.717, 1.165) is 64.8 Å². The Balaban J connectivity index is 0.00000392. The number of hydrogen-bond acceptors (Lipinski definition) is 4. The van der Waals surface area contributed by atoms with Gasteiger partial charge in [-0.3, -0.25) is 9.89 Å². The van der Waals surface area contributed by atoms with Gasteiger partial charge in [0.15, 0.2) is 5.96 Å². The van der Waals surface area contributed by atoms with Crippen LogP contribution in [0.15, 0.2) is 4.99 Å². The molecule has 28 heavy (non-hydrogen) atoms. The number of guanidine groups is 1. The summed E-state index contributed by atoms with van der Waals surface area (Å²) < 4.78 is 11.5. The van der Waals surface area contributed by atoms with Gasteiger partial charge in [0.2, 0.25) is 0 Å². The first-order valence-electron chi connectivity index (χ1n) is 11.0. The molecule has 0 bridgehead atoms. The third-order valence-electron chi connectivity index (χ3n) is 5.80. The fourth-order valence-corrected chi connectivity index (χ4v) is 3.89. The molecule has 1 aliphatic heterocycles. The Morgan fingerprint density at radius 3 is 2.39 bits per heavy atom. The molecule has 0 amide bonds. The van der Waals surface area contributed by atoms with Crippen LogP contribution < -0.4 is 10.6 Å². The van der Waals surface area contributed by atoms with Gasteiger partial charge < -0.3 is 20.1 Å². The Morgan fingerprint density at radius 2 is 1.75 bits per heavy atom. The van der Waals surface area contributed by atoms with E-state index in [4.69, 9.17) is 9.47 Å². The van der Waals surface area contributed by atoms with Crippen LogP contribution >= 0.6 is 24.0 Å². The van der Waals surface area contributed by atoms with Crippen LogP contribution in [0.5, 0.6) is 0 Å². The van der Waals surface area contributed by atoms with Gasteiger partial charge in [0.05, 0.1) is 19.3 Å². The molecule has 166 valence electrons. The molecule has 1 heterocycles. The minimum atomic E-state index is 0. The van der Waals surface area contributed by atoms with E-state index in [1.807, 2.05) is 7.05 Å². The molecular weight excluding hydrogens is 467 g/mol. The Hall–Kier alpha value is -0.120. The SMILES string of the molecule is CN=C(NCCCCOC1CCCCCC1)NCC(C)(C)N1CCOCC1.I. The second-order valence-corrected chi connectivity index (χ2v) is 8.46. The van der Waals surface area contributed by atoms with Crippen LogP contribution in [-0.2, 0) is 9.47 Å². The van der Waals surface area contributed by atoms with E-state index in [2.05, 4.69) is 34.4 Å². The van der Waals surface area contributed by atoms with Crippen LogP contribution in [0, 0.1) is 0 Å². The average Bonchev–Trinajstić information content (AvgIpc) is 2.96. The molecule has 6 nitrogen and oxygen atoms in total. The van der Waals surface area contributed by atoms with Crippen LogP contribution in [0.4, 0.5) is 0 Å². The van der Waals surface area contributed by atoms with Gasteiger partial charge in [-0.05, 0) is 39.5 Å². The van der Waals surface area contributed by atoms with Crippen molar-refractivity contribution in [3.63, 3.8) is 0 Å². The molecular formula is C21H43IN4O2. The maximum atomic E-state index is 6.07. The van der Waals surface area contributed by atoms with Crippen molar-refractivity contribution >= 4 is 29.9 Å². The monoisotopic (exact) mass is 510 g/mol. The highest BCUT2D eigenvalue weighted by atomic mass is 127. The Labute approximate surface area is 189 Å². The van der Waals surface area contributed by atoms with Gasteiger partial charge in [-0.2, -0.15) is 0 Å². The molecule has 1 aliphatic carbocycles. The molecule has 2 rings (SSSR count). The summed E-state index contributed by atoms with van der Waals surface area (Å²) in [5, 5.41) is 6.92. The van der Waals surface area contributed by atoms with Gasteiger partial charge in [0, 0.05) is 45.4 Å². The summed E-state index contributed by atoms with van der Waals surface area (Å²) in [5.41, 5.74) is 0.0912. The van der Waals surface area contributed by atoms with E-state index in [1.54, 1.807) is 0 Å². The Kier molecular flexibility index (Phi) is 13.7. The van der Waals surface area contributed by atoms with Crippen LogP contribution in [0.25, 0.3) is 0 Å². The summed E-state index contributed by atoms with van der Waals surface area (Å²) in [4.78, 5) is 6.85. The summed E-state index contributed by atoms with van der Waals surface area (Å²) in [6, 6.07) is 0. The van der Waals surface area contributed by atoms with Gasteiger partial charge in [0.25, 0.3) is 0 Å². The van der Waals surface area contributed by atoms with E-state index in [9.17, 15) is 0 Å². The van der Waals surface area contributed by atoms with Crippen molar-refractivity contribution < 1.29 is 9.47 Å². The van der Waals surface area contributed by atoms with Gasteiger partial charge in [-0.25, -0.2) is 0 Å². The quantitative estimate of drug-likeness (QED) is 0.164. The number of ether oxygens (including phenoxy) is 2. The lowest BCUT2D eigenvalue weighted by molar-refractivity contribution is -0.00834. The molecule has 0 spiro atoms. The number of unbranched alkanes of at least 4 members (excludes halogenated alkanes) is 1. The highest BCUT2D eigenvalue weighted by Gasteiger charge is 2.28. The molecule has 0 aromatic carbocycles. The summed E-state index contributed by atoms with van der Waals surface area (Å²) in [6.45, 7) is 10.9. The fraction of sp³-hybridized carbons (Fsp3) is 0.952. The highest BCUT2D eigenvalue weighted by molar-refractivity contribution is 14.0. The standard InChI is InChI=1S/C21H42N4O2.HI/c1-21(2,25-13-16-26-17-14-25)18-24-20(22-3)23-12-8-9-15-27-19-10-6-4-5-7-11-19;/h19H,4-18H2,1-3H3,(H2,22,23,24);1H. The first-order chi connectivity index (χ1) is 13.1. The van der Waals surface area contributed by atoms with Gasteiger partial charge in [0.1, 0.15) is 0 Å². The molecule has 0 atom stereocenters. The number of halogens is 1. The molecule has 0 radical (unpaired) electrons. The molecule has 2 fully saturated rings. The van der Waals surface area contributed by atoms with Crippen LogP contribution in [0.1, 0.15) is 65.2 Å². The van der Waals surface area contributed by atoms with Crippen molar-refractivity contribution in [2.24, 2.45) is 4.99 Å². The normalized spacial score (nSPS) is 20.3. The second kappa shape index (κ2) is 14.8. The van der Waals surface area contributed by atoms with Crippen molar-refractivity contribution in [3.05, 3.63) is 0 Å². The van der Waals surface area contributed by atoms with E-state index in [0.29, 0.717) is 6.10 Å². The van der Waals surface area contributed by atoms with Gasteiger partial charge >= 0.3 is 0 Å². The minimum absolute atomic E-state index is 0. The predicted octanol–water partition coefficient (Wildman–Crippen LogP) is 3.40. The predicted molar refractivity (Wildman–Crippen MR) is 128 cm³/mol. The zero-order valence-electron chi connectivity index (χ0n) is 18.3. The van der Waals surface area contributed by atoms with Crippen LogP contribution in [0.2, 0.25) is 0 Å². The van der Waals surface area contributed by atoms with Gasteiger partial charge in [-0.1, -0.05) is 25.7 Å². The average molecular weight is 511 g/mol. The topological polar surface area (TPSA) is 58.1 Å². The smallest absolute Gasteiger partial charge is 0.191 e. The maximum absolute atomic E-state index is 6.07. The van der Waals surface area contributed by atoms with Gasteiger partial charge in [-0.15, -0.1) is 24.0 Å². The lowest BCUT2D eigenvalue weighted by Gasteiger charge is -2.41. The molecule has 0 unspecified atom stereocenters.